The predicted octanol–water partition coefficient (Wildman–Crippen LogP) is 7.00. The highest BCUT2D eigenvalue weighted by atomic mass is 35.5. The first-order valence-electron chi connectivity index (χ1n) is 12.1. The molecule has 43 heavy (non-hydrogen) atoms. The Labute approximate surface area is 247 Å². The number of oxime groups is 1. The van der Waals surface area contributed by atoms with E-state index in [1.807, 2.05) is 0 Å². The molecule has 1 atom stereocenters. The Morgan fingerprint density at radius 1 is 1.02 bits per heavy atom. The third kappa shape index (κ3) is 6.13. The van der Waals surface area contributed by atoms with Crippen LogP contribution in [0.2, 0.25) is 10.0 Å². The topological polar surface area (TPSA) is 76.0 Å². The minimum Gasteiger partial charge on any atom is -0.403 e. The van der Waals surface area contributed by atoms with Crippen LogP contribution in [-0.4, -0.2) is 34.2 Å². The number of ether oxygens (including phenoxy) is 1. The van der Waals surface area contributed by atoms with E-state index in [1.54, 1.807) is 0 Å². The lowest BCUT2D eigenvalue weighted by atomic mass is 9.89. The van der Waals surface area contributed by atoms with Crippen LogP contribution in [0.15, 0.2) is 47.8 Å². The first kappa shape index (κ1) is 30.6. The van der Waals surface area contributed by atoms with Gasteiger partial charge in [-0.2, -0.15) is 13.2 Å². The molecule has 0 saturated carbocycles. The van der Waals surface area contributed by atoms with Gasteiger partial charge in [-0.3, -0.25) is 9.78 Å². The highest BCUT2D eigenvalue weighted by molar-refractivity contribution is 6.35. The molecule has 3 heterocycles. The molecule has 228 valence electrons. The van der Waals surface area contributed by atoms with Crippen LogP contribution in [-0.2, 0) is 30.1 Å². The van der Waals surface area contributed by atoms with E-state index in [9.17, 15) is 39.9 Å². The van der Waals surface area contributed by atoms with Crippen LogP contribution >= 0.6 is 23.2 Å². The van der Waals surface area contributed by atoms with Gasteiger partial charge in [-0.25, -0.2) is 8.78 Å². The summed E-state index contributed by atoms with van der Waals surface area (Å²) in [6.07, 6.45) is -9.53. The van der Waals surface area contributed by atoms with E-state index in [-0.39, 0.29) is 36.7 Å². The number of hydrogen-bond acceptors (Lipinski definition) is 6. The quantitative estimate of drug-likeness (QED) is 0.237. The largest absolute Gasteiger partial charge is 0.573 e. The molecule has 0 aliphatic carbocycles. The summed E-state index contributed by atoms with van der Waals surface area (Å²) in [5, 5.41) is 4.88. The van der Waals surface area contributed by atoms with E-state index in [0.717, 1.165) is 30.3 Å². The highest BCUT2D eigenvalue weighted by Crippen LogP contribution is 2.50. The summed E-state index contributed by atoms with van der Waals surface area (Å²) < 4.78 is 112. The zero-order chi connectivity index (χ0) is 31.3. The number of carbonyl (C=O) groups excluding carboxylic acids is 1. The van der Waals surface area contributed by atoms with E-state index < -0.39 is 63.5 Å². The lowest BCUT2D eigenvalue weighted by Gasteiger charge is -2.30. The number of amides is 1. The highest BCUT2D eigenvalue weighted by Gasteiger charge is 2.63. The fourth-order valence-corrected chi connectivity index (χ4v) is 5.06. The fourth-order valence-electron chi connectivity index (χ4n) is 4.57. The van der Waals surface area contributed by atoms with Crippen molar-refractivity contribution in [2.75, 3.05) is 0 Å². The summed E-state index contributed by atoms with van der Waals surface area (Å²) >= 11 is 11.5. The molecule has 0 fully saturated rings. The number of halogens is 10. The number of nitrogens with zero attached hydrogens (tertiary/aromatic N) is 3. The van der Waals surface area contributed by atoms with Crippen molar-refractivity contribution in [3.63, 3.8) is 0 Å². The number of amidine groups is 1. The van der Waals surface area contributed by atoms with Gasteiger partial charge in [0.25, 0.3) is 11.5 Å². The van der Waals surface area contributed by atoms with Gasteiger partial charge in [0.15, 0.2) is 17.4 Å². The molecular weight excluding hydrogens is 639 g/mol. The van der Waals surface area contributed by atoms with Gasteiger partial charge in [-0.1, -0.05) is 34.4 Å². The van der Waals surface area contributed by atoms with Crippen LogP contribution in [0.25, 0.3) is 0 Å². The number of pyridine rings is 1. The van der Waals surface area contributed by atoms with E-state index in [0.29, 0.717) is 11.1 Å². The number of rotatable bonds is 5. The van der Waals surface area contributed by atoms with E-state index in [1.165, 1.54) is 17.2 Å². The number of aromatic nitrogens is 1. The molecule has 0 spiro atoms. The van der Waals surface area contributed by atoms with Crippen LogP contribution in [0, 0.1) is 11.6 Å². The number of benzene rings is 2. The number of nitrogens with one attached hydrogen (secondary N) is 1. The first-order chi connectivity index (χ1) is 20.1. The van der Waals surface area contributed by atoms with Crippen molar-refractivity contribution in [3.05, 3.63) is 92.2 Å². The van der Waals surface area contributed by atoms with Crippen LogP contribution in [0.1, 0.15) is 39.2 Å². The maximum Gasteiger partial charge on any atom is 0.573 e. The van der Waals surface area contributed by atoms with Crippen molar-refractivity contribution in [2.24, 2.45) is 5.16 Å². The van der Waals surface area contributed by atoms with Gasteiger partial charge < -0.3 is 19.8 Å². The van der Waals surface area contributed by atoms with Gasteiger partial charge >= 0.3 is 12.5 Å². The Kier molecular flexibility index (Phi) is 7.84. The van der Waals surface area contributed by atoms with Crippen molar-refractivity contribution >= 4 is 34.9 Å². The minimum atomic E-state index is -5.11. The number of alkyl halides is 6. The van der Waals surface area contributed by atoms with Crippen LogP contribution in [0.5, 0.6) is 5.75 Å². The molecule has 0 bridgehead atoms. The Morgan fingerprint density at radius 3 is 2.35 bits per heavy atom. The maximum atomic E-state index is 14.3. The average molecular weight is 655 g/mol. The van der Waals surface area contributed by atoms with E-state index in [4.69, 9.17) is 28.0 Å². The molecule has 2 aromatic carbocycles. The molecule has 0 radical (unpaired) electrons. The summed E-state index contributed by atoms with van der Waals surface area (Å²) in [7, 11) is 0. The number of hydrogen-bond donors (Lipinski definition) is 1. The van der Waals surface area contributed by atoms with Gasteiger partial charge in [-0.05, 0) is 47.0 Å². The SMILES string of the molecule is O=C(NCc1ccc(F)c(OC(F)(F)F)c1)c1cc2c(cn1)CN(C1=NOC(c3cc(Cl)c(F)c(Cl)c3)(C(F)(F)F)C1)C2. The van der Waals surface area contributed by atoms with Crippen molar-refractivity contribution in [1.82, 2.24) is 15.2 Å². The van der Waals surface area contributed by atoms with E-state index >= 15 is 0 Å². The molecule has 2 aliphatic heterocycles. The fraction of sp³-hybridized carbons (Fsp3) is 0.269. The Morgan fingerprint density at radius 2 is 1.70 bits per heavy atom. The average Bonchev–Trinajstić information content (AvgIpc) is 3.56. The second kappa shape index (κ2) is 11.0. The second-order valence-corrected chi connectivity index (χ2v) is 10.4. The molecule has 1 aromatic heterocycles. The molecule has 1 amide bonds. The molecule has 2 aliphatic rings. The second-order valence-electron chi connectivity index (χ2n) is 9.54. The van der Waals surface area contributed by atoms with Crippen molar-refractivity contribution in [3.8, 4) is 5.75 Å². The maximum absolute atomic E-state index is 14.3. The molecule has 5 rings (SSSR count). The Bertz CT molecular complexity index is 1610. The lowest BCUT2D eigenvalue weighted by Crippen LogP contribution is -2.44. The molecule has 0 saturated heterocycles. The molecule has 1 unspecified atom stereocenters. The van der Waals surface area contributed by atoms with Crippen LogP contribution in [0.3, 0.4) is 0 Å². The number of carbonyl (C=O) groups is 1. The van der Waals surface area contributed by atoms with Crippen LogP contribution < -0.4 is 10.1 Å². The van der Waals surface area contributed by atoms with Gasteiger partial charge in [-0.15, -0.1) is 13.2 Å². The normalized spacial score (nSPS) is 18.3. The molecule has 1 N–H and O–H groups in total. The predicted molar refractivity (Wildman–Crippen MR) is 135 cm³/mol. The zero-order valence-electron chi connectivity index (χ0n) is 21.2. The van der Waals surface area contributed by atoms with E-state index in [2.05, 4.69) is 20.2 Å². The monoisotopic (exact) mass is 654 g/mol. The smallest absolute Gasteiger partial charge is 0.403 e. The molecule has 17 heteroatoms. The number of fused-ring (bicyclic) bond motifs is 1. The summed E-state index contributed by atoms with van der Waals surface area (Å²) in [5.74, 6) is -4.18. The molecule has 3 aromatic rings. The molecular formula is C26H16Cl2F8N4O3. The lowest BCUT2D eigenvalue weighted by molar-refractivity contribution is -0.276. The van der Waals surface area contributed by atoms with Crippen LogP contribution in [0.4, 0.5) is 35.1 Å². The summed E-state index contributed by atoms with van der Waals surface area (Å²) in [6.45, 7) is -0.165. The zero-order valence-corrected chi connectivity index (χ0v) is 22.7. The Hall–Kier alpha value is -3.85. The van der Waals surface area contributed by atoms with Gasteiger partial charge in [0.2, 0.25) is 0 Å². The first-order valence-corrected chi connectivity index (χ1v) is 12.8. The minimum absolute atomic E-state index is 0.0370. The van der Waals surface area contributed by atoms with Gasteiger partial charge in [0.1, 0.15) is 11.5 Å². The van der Waals surface area contributed by atoms with Gasteiger partial charge in [0.05, 0.1) is 16.5 Å². The molecule has 7 nitrogen and oxygen atoms in total. The van der Waals surface area contributed by atoms with Crippen molar-refractivity contribution < 1.29 is 49.5 Å². The third-order valence-corrected chi connectivity index (χ3v) is 7.25. The Balaban J connectivity index is 1.27. The van der Waals surface area contributed by atoms with Gasteiger partial charge in [0, 0.05) is 31.4 Å². The summed E-state index contributed by atoms with van der Waals surface area (Å²) in [4.78, 5) is 23.2. The van der Waals surface area contributed by atoms with Crippen molar-refractivity contribution in [2.45, 2.75) is 44.2 Å². The summed E-state index contributed by atoms with van der Waals surface area (Å²) in [6, 6.07) is 5.66. The third-order valence-electron chi connectivity index (χ3n) is 6.70. The standard InChI is InChI=1S/C26H16Cl2F8N4O3/c27-16-5-15(6-17(28)22(16)30)24(25(31,32)33)7-21(39-43-24)40-10-13-4-19(37-9-14(13)11-40)23(41)38-8-12-1-2-18(29)20(3-12)42-26(34,35)36/h1-6,9H,7-8,10-11H2,(H,38,41). The summed E-state index contributed by atoms with van der Waals surface area (Å²) in [5.41, 5.74) is -2.36. The van der Waals surface area contributed by atoms with Crippen molar-refractivity contribution in [1.29, 1.82) is 0 Å².